The van der Waals surface area contributed by atoms with Crippen LogP contribution in [0.3, 0.4) is 0 Å². The maximum Gasteiger partial charge on any atom is 0.238 e. The number of carbonyl (C=O) groups excluding carboxylic acids is 2. The molecule has 0 radical (unpaired) electrons. The lowest BCUT2D eigenvalue weighted by atomic mass is 10.00. The highest BCUT2D eigenvalue weighted by molar-refractivity contribution is 8.00. The van der Waals surface area contributed by atoms with Crippen LogP contribution < -0.4 is 10.2 Å². The standard InChI is InChI=1S/C21H24N2O2S/c1-4-19(24)22-16-11-9-15(10-12-16)21-23(20(25)13-26-21)18-8-6-5-7-17(18)14(2)3/h5-12,14,21H,4,13H2,1-3H3,(H,22,24)/t21-/m1/s1. The first kappa shape index (κ1) is 18.5. The van der Waals surface area contributed by atoms with Crippen molar-refractivity contribution in [1.82, 2.24) is 0 Å². The fourth-order valence-electron chi connectivity index (χ4n) is 3.11. The Balaban J connectivity index is 1.90. The number of amides is 2. The van der Waals surface area contributed by atoms with E-state index in [1.807, 2.05) is 54.3 Å². The van der Waals surface area contributed by atoms with Gasteiger partial charge in [-0.25, -0.2) is 0 Å². The van der Waals surface area contributed by atoms with E-state index in [0.29, 0.717) is 18.1 Å². The first-order valence-corrected chi connectivity index (χ1v) is 9.98. The second-order valence-corrected chi connectivity index (χ2v) is 7.73. The predicted octanol–water partition coefficient (Wildman–Crippen LogP) is 4.94. The van der Waals surface area contributed by atoms with E-state index in [0.717, 1.165) is 16.9 Å². The molecular weight excluding hydrogens is 344 g/mol. The number of carbonyl (C=O) groups is 2. The minimum absolute atomic E-state index is 0.00402. The summed E-state index contributed by atoms with van der Waals surface area (Å²) in [5, 5.41) is 2.82. The van der Waals surface area contributed by atoms with Gasteiger partial charge in [0.15, 0.2) is 0 Å². The van der Waals surface area contributed by atoms with Crippen molar-refractivity contribution >= 4 is 35.0 Å². The molecule has 26 heavy (non-hydrogen) atoms. The Bertz CT molecular complexity index is 802. The summed E-state index contributed by atoms with van der Waals surface area (Å²) in [6.07, 6.45) is 0.453. The fraction of sp³-hybridized carbons (Fsp3) is 0.333. The minimum atomic E-state index is -0.0432. The van der Waals surface area contributed by atoms with Crippen LogP contribution in [0.5, 0.6) is 0 Å². The predicted molar refractivity (Wildman–Crippen MR) is 109 cm³/mol. The highest BCUT2D eigenvalue weighted by Crippen LogP contribution is 2.44. The highest BCUT2D eigenvalue weighted by Gasteiger charge is 2.35. The Morgan fingerprint density at radius 1 is 1.19 bits per heavy atom. The molecule has 0 aromatic heterocycles. The van der Waals surface area contributed by atoms with E-state index in [2.05, 4.69) is 25.2 Å². The van der Waals surface area contributed by atoms with E-state index < -0.39 is 0 Å². The molecule has 3 rings (SSSR count). The number of anilines is 2. The summed E-state index contributed by atoms with van der Waals surface area (Å²) in [6.45, 7) is 6.12. The van der Waals surface area contributed by atoms with Gasteiger partial charge in [-0.1, -0.05) is 51.1 Å². The SMILES string of the molecule is CCC(=O)Nc1ccc([C@H]2SCC(=O)N2c2ccccc2C(C)C)cc1. The molecule has 1 aliphatic rings. The molecule has 1 saturated heterocycles. The van der Waals surface area contributed by atoms with Crippen molar-refractivity contribution in [2.24, 2.45) is 0 Å². The molecule has 0 saturated carbocycles. The normalized spacial score (nSPS) is 17.0. The number of nitrogens with one attached hydrogen (secondary N) is 1. The third kappa shape index (κ3) is 3.78. The zero-order valence-corrected chi connectivity index (χ0v) is 16.2. The van der Waals surface area contributed by atoms with Crippen LogP contribution in [-0.2, 0) is 9.59 Å². The van der Waals surface area contributed by atoms with Crippen molar-refractivity contribution in [3.05, 3.63) is 59.7 Å². The number of hydrogen-bond donors (Lipinski definition) is 1. The third-order valence-corrected chi connectivity index (χ3v) is 5.70. The van der Waals surface area contributed by atoms with E-state index in [9.17, 15) is 9.59 Å². The van der Waals surface area contributed by atoms with Gasteiger partial charge in [-0.05, 0) is 35.2 Å². The van der Waals surface area contributed by atoms with Crippen LogP contribution in [0.15, 0.2) is 48.5 Å². The summed E-state index contributed by atoms with van der Waals surface area (Å²) in [5.74, 6) is 0.954. The van der Waals surface area contributed by atoms with Gasteiger partial charge < -0.3 is 5.32 Å². The first-order valence-electron chi connectivity index (χ1n) is 8.93. The monoisotopic (exact) mass is 368 g/mol. The summed E-state index contributed by atoms with van der Waals surface area (Å²) in [7, 11) is 0. The lowest BCUT2D eigenvalue weighted by Crippen LogP contribution is -2.29. The number of nitrogens with zero attached hydrogens (tertiary/aromatic N) is 1. The number of rotatable bonds is 5. The van der Waals surface area contributed by atoms with Crippen LogP contribution in [0.2, 0.25) is 0 Å². The summed E-state index contributed by atoms with van der Waals surface area (Å²) < 4.78 is 0. The van der Waals surface area contributed by atoms with Gasteiger partial charge in [-0.15, -0.1) is 11.8 Å². The molecule has 1 fully saturated rings. The van der Waals surface area contributed by atoms with E-state index in [4.69, 9.17) is 0 Å². The Morgan fingerprint density at radius 3 is 2.54 bits per heavy atom. The van der Waals surface area contributed by atoms with E-state index in [1.54, 1.807) is 11.8 Å². The highest BCUT2D eigenvalue weighted by atomic mass is 32.2. The van der Waals surface area contributed by atoms with Gasteiger partial charge in [0, 0.05) is 17.8 Å². The summed E-state index contributed by atoms with van der Waals surface area (Å²) >= 11 is 1.64. The largest absolute Gasteiger partial charge is 0.326 e. The minimum Gasteiger partial charge on any atom is -0.326 e. The van der Waals surface area contributed by atoms with Gasteiger partial charge >= 0.3 is 0 Å². The van der Waals surface area contributed by atoms with Gasteiger partial charge in [0.2, 0.25) is 11.8 Å². The Kier molecular flexibility index (Phi) is 5.67. The zero-order chi connectivity index (χ0) is 18.7. The molecular formula is C21H24N2O2S. The summed E-state index contributed by atoms with van der Waals surface area (Å²) in [6, 6.07) is 15.9. The van der Waals surface area contributed by atoms with Crippen LogP contribution >= 0.6 is 11.8 Å². The molecule has 136 valence electrons. The van der Waals surface area contributed by atoms with Crippen molar-refractivity contribution < 1.29 is 9.59 Å². The smallest absolute Gasteiger partial charge is 0.238 e. The van der Waals surface area contributed by atoms with Gasteiger partial charge in [0.1, 0.15) is 5.37 Å². The second-order valence-electron chi connectivity index (χ2n) is 6.66. The molecule has 1 atom stereocenters. The van der Waals surface area contributed by atoms with E-state index in [-0.39, 0.29) is 17.2 Å². The lowest BCUT2D eigenvalue weighted by molar-refractivity contribution is -0.116. The molecule has 0 bridgehead atoms. The molecule has 0 spiro atoms. The molecule has 5 heteroatoms. The molecule has 0 unspecified atom stereocenters. The lowest BCUT2D eigenvalue weighted by Gasteiger charge is -2.27. The molecule has 2 amide bonds. The van der Waals surface area contributed by atoms with Gasteiger partial charge in [0.25, 0.3) is 0 Å². The van der Waals surface area contributed by atoms with E-state index in [1.165, 1.54) is 5.56 Å². The fourth-order valence-corrected chi connectivity index (χ4v) is 4.28. The number of hydrogen-bond acceptors (Lipinski definition) is 3. The summed E-state index contributed by atoms with van der Waals surface area (Å²) in [4.78, 5) is 26.1. The topological polar surface area (TPSA) is 49.4 Å². The Hall–Kier alpha value is -2.27. The van der Waals surface area contributed by atoms with Crippen molar-refractivity contribution in [1.29, 1.82) is 0 Å². The molecule has 1 heterocycles. The third-order valence-electron chi connectivity index (χ3n) is 4.49. The van der Waals surface area contributed by atoms with Crippen LogP contribution in [0.25, 0.3) is 0 Å². The van der Waals surface area contributed by atoms with Gasteiger partial charge in [-0.3, -0.25) is 14.5 Å². The quantitative estimate of drug-likeness (QED) is 0.813. The molecule has 4 nitrogen and oxygen atoms in total. The molecule has 0 aliphatic carbocycles. The molecule has 2 aromatic rings. The first-order chi connectivity index (χ1) is 12.5. The van der Waals surface area contributed by atoms with Crippen molar-refractivity contribution in [2.45, 2.75) is 38.5 Å². The summed E-state index contributed by atoms with van der Waals surface area (Å²) in [5.41, 5.74) is 4.02. The Morgan fingerprint density at radius 2 is 1.88 bits per heavy atom. The Labute approximate surface area is 159 Å². The number of para-hydroxylation sites is 1. The van der Waals surface area contributed by atoms with Crippen molar-refractivity contribution in [2.75, 3.05) is 16.0 Å². The molecule has 1 aliphatic heterocycles. The number of benzene rings is 2. The van der Waals surface area contributed by atoms with Crippen LogP contribution in [-0.4, -0.2) is 17.6 Å². The van der Waals surface area contributed by atoms with Crippen LogP contribution in [0, 0.1) is 0 Å². The maximum absolute atomic E-state index is 12.6. The second kappa shape index (κ2) is 7.96. The van der Waals surface area contributed by atoms with Gasteiger partial charge in [0.05, 0.1) is 5.75 Å². The van der Waals surface area contributed by atoms with Crippen molar-refractivity contribution in [3.8, 4) is 0 Å². The number of thioether (sulfide) groups is 1. The average Bonchev–Trinajstić information content (AvgIpc) is 3.03. The molecule has 2 aromatic carbocycles. The van der Waals surface area contributed by atoms with Crippen LogP contribution in [0.4, 0.5) is 11.4 Å². The zero-order valence-electron chi connectivity index (χ0n) is 15.4. The van der Waals surface area contributed by atoms with Gasteiger partial charge in [-0.2, -0.15) is 0 Å². The van der Waals surface area contributed by atoms with Crippen molar-refractivity contribution in [3.63, 3.8) is 0 Å². The molecule has 1 N–H and O–H groups in total. The van der Waals surface area contributed by atoms with E-state index >= 15 is 0 Å². The van der Waals surface area contributed by atoms with Crippen LogP contribution in [0.1, 0.15) is 49.6 Å². The average molecular weight is 369 g/mol. The maximum atomic E-state index is 12.6.